The van der Waals surface area contributed by atoms with Gasteiger partial charge in [-0.25, -0.2) is 4.79 Å². The summed E-state index contributed by atoms with van der Waals surface area (Å²) in [4.78, 5) is 22.3. The molecule has 5 nitrogen and oxygen atoms in total. The van der Waals surface area contributed by atoms with Gasteiger partial charge in [0.2, 0.25) is 0 Å². The van der Waals surface area contributed by atoms with Crippen LogP contribution >= 0.6 is 0 Å². The summed E-state index contributed by atoms with van der Waals surface area (Å²) in [6, 6.07) is 0. The van der Waals surface area contributed by atoms with Gasteiger partial charge in [-0.3, -0.25) is 4.79 Å². The SMILES string of the molecule is COC(=O)[C@H](O)C=C(C)[C@H]1CC(=O)OC1(C)C. The van der Waals surface area contributed by atoms with E-state index in [4.69, 9.17) is 4.74 Å². The summed E-state index contributed by atoms with van der Waals surface area (Å²) in [6.07, 6.45) is 0.371. The lowest BCUT2D eigenvalue weighted by Gasteiger charge is -2.25. The molecule has 0 unspecified atom stereocenters. The molecular weight excluding hydrogens is 224 g/mol. The first-order chi connectivity index (χ1) is 7.77. The fourth-order valence-corrected chi connectivity index (χ4v) is 2.08. The zero-order valence-electron chi connectivity index (χ0n) is 10.5. The maximum absolute atomic E-state index is 11.2. The third kappa shape index (κ3) is 3.06. The number of methoxy groups -OCH3 is 1. The van der Waals surface area contributed by atoms with Crippen molar-refractivity contribution in [3.05, 3.63) is 11.6 Å². The smallest absolute Gasteiger partial charge is 0.338 e. The third-order valence-electron chi connectivity index (χ3n) is 3.00. The second-order valence-electron chi connectivity index (χ2n) is 4.71. The highest BCUT2D eigenvalue weighted by molar-refractivity contribution is 5.77. The van der Waals surface area contributed by atoms with E-state index in [0.29, 0.717) is 0 Å². The minimum Gasteiger partial charge on any atom is -0.467 e. The van der Waals surface area contributed by atoms with E-state index >= 15 is 0 Å². The van der Waals surface area contributed by atoms with E-state index in [9.17, 15) is 14.7 Å². The molecule has 0 spiro atoms. The molecule has 1 rings (SSSR count). The summed E-state index contributed by atoms with van der Waals surface area (Å²) in [5, 5.41) is 9.51. The Morgan fingerprint density at radius 3 is 2.65 bits per heavy atom. The van der Waals surface area contributed by atoms with E-state index < -0.39 is 17.7 Å². The molecule has 17 heavy (non-hydrogen) atoms. The third-order valence-corrected chi connectivity index (χ3v) is 3.00. The van der Waals surface area contributed by atoms with E-state index in [1.54, 1.807) is 6.92 Å². The standard InChI is InChI=1S/C12H18O5/c1-7(5-9(13)11(15)16-4)8-6-10(14)17-12(8,2)3/h5,8-9,13H,6H2,1-4H3/t8-,9-/m1/s1. The van der Waals surface area contributed by atoms with Gasteiger partial charge in [-0.1, -0.05) is 5.57 Å². The van der Waals surface area contributed by atoms with Crippen molar-refractivity contribution in [1.29, 1.82) is 0 Å². The van der Waals surface area contributed by atoms with Crippen LogP contribution in [0.15, 0.2) is 11.6 Å². The van der Waals surface area contributed by atoms with Gasteiger partial charge in [0.05, 0.1) is 13.5 Å². The molecule has 1 fully saturated rings. The van der Waals surface area contributed by atoms with E-state index in [-0.39, 0.29) is 18.3 Å². The zero-order valence-corrected chi connectivity index (χ0v) is 10.5. The highest BCUT2D eigenvalue weighted by Gasteiger charge is 2.42. The lowest BCUT2D eigenvalue weighted by molar-refractivity contribution is -0.148. The summed E-state index contributed by atoms with van der Waals surface area (Å²) in [5.74, 6) is -1.11. The van der Waals surface area contributed by atoms with Crippen molar-refractivity contribution in [1.82, 2.24) is 0 Å². The first kappa shape index (κ1) is 13.7. The lowest BCUT2D eigenvalue weighted by atomic mass is 9.84. The number of carbonyl (C=O) groups is 2. The van der Waals surface area contributed by atoms with E-state index in [1.165, 1.54) is 13.2 Å². The molecule has 96 valence electrons. The van der Waals surface area contributed by atoms with Gasteiger partial charge in [-0.15, -0.1) is 0 Å². The van der Waals surface area contributed by atoms with Crippen molar-refractivity contribution in [2.45, 2.75) is 38.9 Å². The number of cyclic esters (lactones) is 1. The Hall–Kier alpha value is -1.36. The number of ether oxygens (including phenoxy) is 2. The average Bonchev–Trinajstić information content (AvgIpc) is 2.50. The Kier molecular flexibility index (Phi) is 3.93. The van der Waals surface area contributed by atoms with Gasteiger partial charge in [-0.05, 0) is 26.8 Å². The van der Waals surface area contributed by atoms with Crippen LogP contribution in [0.1, 0.15) is 27.2 Å². The molecule has 0 bridgehead atoms. The molecule has 0 amide bonds. The molecule has 5 heteroatoms. The van der Waals surface area contributed by atoms with Crippen molar-refractivity contribution in [3.63, 3.8) is 0 Å². The van der Waals surface area contributed by atoms with Gasteiger partial charge >= 0.3 is 11.9 Å². The zero-order chi connectivity index (χ0) is 13.2. The van der Waals surface area contributed by atoms with Crippen LogP contribution in [0.25, 0.3) is 0 Å². The van der Waals surface area contributed by atoms with Gasteiger partial charge in [0.1, 0.15) is 5.60 Å². The van der Waals surface area contributed by atoms with Crippen molar-refractivity contribution >= 4 is 11.9 Å². The Labute approximate surface area is 100 Å². The minimum atomic E-state index is -1.30. The fourth-order valence-electron chi connectivity index (χ4n) is 2.08. The van der Waals surface area contributed by atoms with Crippen molar-refractivity contribution < 1.29 is 24.2 Å². The molecule has 0 radical (unpaired) electrons. The van der Waals surface area contributed by atoms with Gasteiger partial charge in [0.15, 0.2) is 6.10 Å². The van der Waals surface area contributed by atoms with Crippen molar-refractivity contribution in [2.75, 3.05) is 7.11 Å². The summed E-state index contributed by atoms with van der Waals surface area (Å²) >= 11 is 0. The molecule has 0 aromatic rings. The first-order valence-corrected chi connectivity index (χ1v) is 5.44. The summed E-state index contributed by atoms with van der Waals surface area (Å²) in [7, 11) is 1.21. The average molecular weight is 242 g/mol. The topological polar surface area (TPSA) is 72.8 Å². The van der Waals surface area contributed by atoms with E-state index in [2.05, 4.69) is 4.74 Å². The number of carbonyl (C=O) groups excluding carboxylic acids is 2. The number of aliphatic hydroxyl groups is 1. The molecule has 1 saturated heterocycles. The Balaban J connectivity index is 2.83. The molecule has 1 heterocycles. The fraction of sp³-hybridized carbons (Fsp3) is 0.667. The Morgan fingerprint density at radius 1 is 1.65 bits per heavy atom. The van der Waals surface area contributed by atoms with Crippen molar-refractivity contribution in [3.8, 4) is 0 Å². The van der Waals surface area contributed by atoms with Crippen LogP contribution in [0.3, 0.4) is 0 Å². The molecule has 0 aliphatic carbocycles. The van der Waals surface area contributed by atoms with Crippen LogP contribution in [0, 0.1) is 5.92 Å². The van der Waals surface area contributed by atoms with Crippen LogP contribution in [-0.2, 0) is 19.1 Å². The van der Waals surface area contributed by atoms with Crippen LogP contribution in [-0.4, -0.2) is 35.9 Å². The van der Waals surface area contributed by atoms with Gasteiger partial charge in [0.25, 0.3) is 0 Å². The molecule has 0 aromatic carbocycles. The first-order valence-electron chi connectivity index (χ1n) is 5.44. The number of rotatable bonds is 3. The van der Waals surface area contributed by atoms with Crippen LogP contribution in [0.5, 0.6) is 0 Å². The largest absolute Gasteiger partial charge is 0.467 e. The number of esters is 2. The molecule has 1 aliphatic heterocycles. The maximum atomic E-state index is 11.2. The second-order valence-corrected chi connectivity index (χ2v) is 4.71. The van der Waals surface area contributed by atoms with Gasteiger partial charge in [0, 0.05) is 5.92 Å². The molecule has 2 atom stereocenters. The number of aliphatic hydroxyl groups excluding tert-OH is 1. The summed E-state index contributed by atoms with van der Waals surface area (Å²) in [5.41, 5.74) is 0.145. The molecule has 0 aromatic heterocycles. The monoisotopic (exact) mass is 242 g/mol. The van der Waals surface area contributed by atoms with Gasteiger partial charge < -0.3 is 14.6 Å². The number of hydrogen-bond donors (Lipinski definition) is 1. The van der Waals surface area contributed by atoms with Gasteiger partial charge in [-0.2, -0.15) is 0 Å². The normalized spacial score (nSPS) is 25.4. The predicted octanol–water partition coefficient (Wildman–Crippen LogP) is 0.808. The Morgan fingerprint density at radius 2 is 2.24 bits per heavy atom. The maximum Gasteiger partial charge on any atom is 0.338 e. The van der Waals surface area contributed by atoms with E-state index in [1.807, 2.05) is 13.8 Å². The Bertz CT molecular complexity index is 356. The highest BCUT2D eigenvalue weighted by Crippen LogP contribution is 2.37. The minimum absolute atomic E-state index is 0.130. The molecular formula is C12H18O5. The summed E-state index contributed by atoms with van der Waals surface area (Å²) in [6.45, 7) is 5.38. The van der Waals surface area contributed by atoms with E-state index in [0.717, 1.165) is 5.57 Å². The van der Waals surface area contributed by atoms with Crippen LogP contribution in [0.4, 0.5) is 0 Å². The second kappa shape index (κ2) is 4.87. The van der Waals surface area contributed by atoms with Crippen molar-refractivity contribution in [2.24, 2.45) is 5.92 Å². The quantitative estimate of drug-likeness (QED) is 0.585. The highest BCUT2D eigenvalue weighted by atomic mass is 16.6. The molecule has 1 aliphatic rings. The van der Waals surface area contributed by atoms with Crippen LogP contribution in [0.2, 0.25) is 0 Å². The number of hydrogen-bond acceptors (Lipinski definition) is 5. The lowest BCUT2D eigenvalue weighted by Crippen LogP contribution is -2.29. The molecule has 0 saturated carbocycles. The molecule has 1 N–H and O–H groups in total. The van der Waals surface area contributed by atoms with Crippen LogP contribution < -0.4 is 0 Å². The predicted molar refractivity (Wildman–Crippen MR) is 60.1 cm³/mol. The summed E-state index contributed by atoms with van der Waals surface area (Å²) < 4.78 is 9.59.